The molecule has 122 valence electrons. The van der Waals surface area contributed by atoms with Crippen LogP contribution >= 0.6 is 0 Å². The summed E-state index contributed by atoms with van der Waals surface area (Å²) in [4.78, 5) is 3.94. The molecule has 0 saturated heterocycles. The van der Waals surface area contributed by atoms with Crippen LogP contribution in [0.15, 0.2) is 28.4 Å². The fourth-order valence-corrected chi connectivity index (χ4v) is 0.719. The molecule has 0 aliphatic heterocycles. The maximum Gasteiger partial charge on any atom is 0.0303 e. The molecule has 0 aromatic carbocycles. The van der Waals surface area contributed by atoms with Gasteiger partial charge in [-0.1, -0.05) is 46.3 Å². The van der Waals surface area contributed by atoms with Gasteiger partial charge in [0.25, 0.3) is 0 Å². The van der Waals surface area contributed by atoms with E-state index in [0.29, 0.717) is 0 Å². The first-order valence-electron chi connectivity index (χ1n) is 7.54. The molecule has 0 heterocycles. The summed E-state index contributed by atoms with van der Waals surface area (Å²) in [5, 5.41) is 1.96. The summed E-state index contributed by atoms with van der Waals surface area (Å²) in [5.41, 5.74) is 5.37. The number of hydrogen-bond donors (Lipinski definition) is 1. The Bertz CT molecular complexity index is 237. The third-order valence-corrected chi connectivity index (χ3v) is 2.07. The molecule has 0 atom stereocenters. The van der Waals surface area contributed by atoms with E-state index in [4.69, 9.17) is 0 Å². The number of hydrazine groups is 1. The Morgan fingerprint density at radius 3 is 1.65 bits per heavy atom. The minimum atomic E-state index is 1.17. The van der Waals surface area contributed by atoms with Crippen molar-refractivity contribution in [3.05, 3.63) is 23.4 Å². The van der Waals surface area contributed by atoms with Crippen LogP contribution < -0.4 is 5.43 Å². The van der Waals surface area contributed by atoms with Crippen molar-refractivity contribution in [1.29, 1.82) is 0 Å². The highest BCUT2D eigenvalue weighted by molar-refractivity contribution is 5.78. The number of aliphatic imine (C=N–C) groups is 1. The van der Waals surface area contributed by atoms with E-state index >= 15 is 0 Å². The van der Waals surface area contributed by atoms with Gasteiger partial charge in [0, 0.05) is 33.1 Å². The summed E-state index contributed by atoms with van der Waals surface area (Å²) < 4.78 is 0. The van der Waals surface area contributed by atoms with Crippen LogP contribution in [0.1, 0.15) is 61.8 Å². The van der Waals surface area contributed by atoms with Crippen molar-refractivity contribution in [2.24, 2.45) is 4.99 Å². The van der Waals surface area contributed by atoms with Gasteiger partial charge in [-0.15, -0.1) is 0 Å². The summed E-state index contributed by atoms with van der Waals surface area (Å²) in [6.07, 6.45) is 7.10. The van der Waals surface area contributed by atoms with E-state index < -0.39 is 0 Å². The lowest BCUT2D eigenvalue weighted by Crippen LogP contribution is -2.29. The topological polar surface area (TPSA) is 27.6 Å². The van der Waals surface area contributed by atoms with E-state index in [1.54, 1.807) is 7.05 Å². The lowest BCUT2D eigenvalue weighted by Gasteiger charge is -2.19. The van der Waals surface area contributed by atoms with Crippen molar-refractivity contribution in [3.63, 3.8) is 0 Å². The van der Waals surface area contributed by atoms with Crippen LogP contribution in [0.2, 0.25) is 0 Å². The van der Waals surface area contributed by atoms with Crippen molar-refractivity contribution in [2.75, 3.05) is 21.1 Å². The van der Waals surface area contributed by atoms with Gasteiger partial charge in [-0.05, 0) is 33.3 Å². The first kappa shape index (κ1) is 27.3. The molecule has 3 heteroatoms. The normalized spacial score (nSPS) is 10.6. The zero-order valence-electron chi connectivity index (χ0n) is 15.8. The Morgan fingerprint density at radius 1 is 1.10 bits per heavy atom. The highest BCUT2D eigenvalue weighted by Crippen LogP contribution is 2.02. The third kappa shape index (κ3) is 25.7. The number of nitrogens with zero attached hydrogens (tertiary/aromatic N) is 2. The summed E-state index contributed by atoms with van der Waals surface area (Å²) in [6.45, 7) is 16.3. The van der Waals surface area contributed by atoms with Crippen molar-refractivity contribution in [2.45, 2.75) is 61.8 Å². The molecule has 0 aliphatic rings. The molecule has 0 aromatic rings. The van der Waals surface area contributed by atoms with Crippen LogP contribution in [0.4, 0.5) is 0 Å². The Kier molecular flexibility index (Phi) is 36.1. The molecule has 0 aliphatic carbocycles. The molecular formula is C17H39N3. The number of nitrogens with one attached hydrogen (secondary N) is 1. The highest BCUT2D eigenvalue weighted by Gasteiger charge is 1.97. The average molecular weight is 286 g/mol. The summed E-state index contributed by atoms with van der Waals surface area (Å²) in [7, 11) is 5.64. The lowest BCUT2D eigenvalue weighted by molar-refractivity contribution is 0.331. The number of rotatable bonds is 3. The van der Waals surface area contributed by atoms with E-state index in [1.165, 1.54) is 17.7 Å². The zero-order valence-corrected chi connectivity index (χ0v) is 15.8. The van der Waals surface area contributed by atoms with Crippen LogP contribution in [-0.4, -0.2) is 32.4 Å². The molecule has 0 aromatic heterocycles. The Labute approximate surface area is 128 Å². The van der Waals surface area contributed by atoms with Gasteiger partial charge in [-0.3, -0.25) is 4.99 Å². The molecule has 20 heavy (non-hydrogen) atoms. The molecule has 0 bridgehead atoms. The second-order valence-corrected chi connectivity index (χ2v) is 3.81. The minimum Gasteiger partial charge on any atom is -0.316 e. The highest BCUT2D eigenvalue weighted by atomic mass is 15.5. The van der Waals surface area contributed by atoms with Crippen molar-refractivity contribution in [1.82, 2.24) is 10.4 Å². The minimum absolute atomic E-state index is 1.17. The van der Waals surface area contributed by atoms with E-state index in [9.17, 15) is 0 Å². The summed E-state index contributed by atoms with van der Waals surface area (Å²) >= 11 is 0. The standard InChI is InChI=1S/C8H17N3.C4H8.C3H8.C2H6/c1-7(6-9-3)8(2)11(5)10-4;1-3-4-2;1-3-2;1-2/h6,10H,1-5H3;3-4H,1-2H3;3H2,1-2H3;1-2H3/b8-7+,9-6?;4-3+;;. The quantitative estimate of drug-likeness (QED) is 0.445. The molecule has 1 N–H and O–H groups in total. The molecule has 0 radical (unpaired) electrons. The van der Waals surface area contributed by atoms with Crippen LogP contribution in [0, 0.1) is 0 Å². The molecule has 0 saturated carbocycles. The van der Waals surface area contributed by atoms with E-state index in [1.807, 2.05) is 79.0 Å². The lowest BCUT2D eigenvalue weighted by atomic mass is 10.2. The van der Waals surface area contributed by atoms with Gasteiger partial charge in [0.1, 0.15) is 0 Å². The largest absolute Gasteiger partial charge is 0.316 e. The number of allylic oxidation sites excluding steroid dienone is 4. The van der Waals surface area contributed by atoms with Crippen LogP contribution in [0.25, 0.3) is 0 Å². The smallest absolute Gasteiger partial charge is 0.0303 e. The van der Waals surface area contributed by atoms with Gasteiger partial charge in [-0.2, -0.15) is 0 Å². The van der Waals surface area contributed by atoms with Crippen molar-refractivity contribution < 1.29 is 0 Å². The molecule has 0 rings (SSSR count). The maximum atomic E-state index is 3.94. The van der Waals surface area contributed by atoms with Crippen LogP contribution in [0.3, 0.4) is 0 Å². The first-order valence-corrected chi connectivity index (χ1v) is 7.54. The van der Waals surface area contributed by atoms with E-state index in [-0.39, 0.29) is 0 Å². The van der Waals surface area contributed by atoms with E-state index in [2.05, 4.69) is 24.3 Å². The van der Waals surface area contributed by atoms with Crippen LogP contribution in [-0.2, 0) is 0 Å². The van der Waals surface area contributed by atoms with Gasteiger partial charge >= 0.3 is 0 Å². The molecule has 0 amide bonds. The Morgan fingerprint density at radius 2 is 1.45 bits per heavy atom. The predicted molar refractivity (Wildman–Crippen MR) is 97.4 cm³/mol. The fraction of sp³-hybridized carbons (Fsp3) is 0.706. The number of hydrogen-bond acceptors (Lipinski definition) is 3. The van der Waals surface area contributed by atoms with Gasteiger partial charge in [-0.25, -0.2) is 5.43 Å². The molecule has 3 nitrogen and oxygen atoms in total. The second kappa shape index (κ2) is 26.5. The second-order valence-electron chi connectivity index (χ2n) is 3.81. The van der Waals surface area contributed by atoms with E-state index in [0.717, 1.165) is 0 Å². The molecule has 0 fully saturated rings. The van der Waals surface area contributed by atoms with Crippen molar-refractivity contribution in [3.8, 4) is 0 Å². The average Bonchev–Trinajstić information content (AvgIpc) is 2.49. The fourth-order valence-electron chi connectivity index (χ4n) is 0.719. The third-order valence-electron chi connectivity index (χ3n) is 2.07. The van der Waals surface area contributed by atoms with Gasteiger partial charge < -0.3 is 5.01 Å². The summed E-state index contributed by atoms with van der Waals surface area (Å²) in [6, 6.07) is 0. The van der Waals surface area contributed by atoms with Crippen LogP contribution in [0.5, 0.6) is 0 Å². The monoisotopic (exact) mass is 285 g/mol. The SMILES string of the molecule is C/C=C/C.CC.CCC.CN=C/C(C)=C(\C)N(C)NC. The Hall–Kier alpha value is -1.09. The van der Waals surface area contributed by atoms with Gasteiger partial charge in [0.2, 0.25) is 0 Å². The molecule has 0 spiro atoms. The van der Waals surface area contributed by atoms with Gasteiger partial charge in [0.05, 0.1) is 0 Å². The molecular weight excluding hydrogens is 246 g/mol. The summed E-state index contributed by atoms with van der Waals surface area (Å²) in [5.74, 6) is 0. The Balaban J connectivity index is -0.000000118. The molecule has 0 unspecified atom stereocenters. The van der Waals surface area contributed by atoms with Gasteiger partial charge in [0.15, 0.2) is 0 Å². The predicted octanol–water partition coefficient (Wildman–Crippen LogP) is 5.07. The maximum absolute atomic E-state index is 3.94. The zero-order chi connectivity index (χ0) is 17.0. The van der Waals surface area contributed by atoms with Crippen molar-refractivity contribution >= 4 is 6.21 Å². The first-order chi connectivity index (χ1) is 9.46.